The minimum Gasteiger partial charge on any atom is -0.275 e. The van der Waals surface area contributed by atoms with Crippen molar-refractivity contribution in [3.8, 4) is 0 Å². The lowest BCUT2D eigenvalue weighted by Gasteiger charge is -1.95. The molecule has 0 amide bonds. The van der Waals surface area contributed by atoms with Gasteiger partial charge in [-0.25, -0.2) is 0 Å². The Hall–Kier alpha value is -1.64. The largest absolute Gasteiger partial charge is 0.275 e. The van der Waals surface area contributed by atoms with Crippen LogP contribution < -0.4 is 0 Å². The van der Waals surface area contributed by atoms with Crippen LogP contribution in [0.5, 0.6) is 0 Å². The lowest BCUT2D eigenvalue weighted by Crippen LogP contribution is -1.86. The van der Waals surface area contributed by atoms with Gasteiger partial charge in [0.05, 0.1) is 6.20 Å². The molecule has 0 aromatic carbocycles. The molecule has 1 rings (SSSR count). The van der Waals surface area contributed by atoms with E-state index in [1.54, 1.807) is 10.9 Å². The van der Waals surface area contributed by atoms with Gasteiger partial charge in [-0.15, -0.1) is 0 Å². The van der Waals surface area contributed by atoms with Crippen molar-refractivity contribution in [2.24, 2.45) is 12.0 Å². The normalized spacial score (nSPS) is 12.4. The molecule has 0 atom stereocenters. The molecule has 3 nitrogen and oxygen atoms in total. The molecule has 14 heavy (non-hydrogen) atoms. The number of aromatic nitrogens is 2. The first-order chi connectivity index (χ1) is 6.63. The number of hydrogen-bond acceptors (Lipinski definition) is 2. The van der Waals surface area contributed by atoms with Gasteiger partial charge in [0.15, 0.2) is 0 Å². The highest BCUT2D eigenvalue weighted by Crippen LogP contribution is 2.10. The first kappa shape index (κ1) is 10.4. The second-order valence-corrected chi connectivity index (χ2v) is 3.14. The summed E-state index contributed by atoms with van der Waals surface area (Å²) in [5.41, 5.74) is 2.93. The van der Waals surface area contributed by atoms with Gasteiger partial charge in [0.25, 0.3) is 0 Å². The number of nitrogens with zero attached hydrogens (tertiary/aromatic N) is 3. The topological polar surface area (TPSA) is 30.2 Å². The maximum absolute atomic E-state index is 4.16. The van der Waals surface area contributed by atoms with E-state index in [0.717, 1.165) is 16.8 Å². The van der Waals surface area contributed by atoms with E-state index in [1.165, 1.54) is 0 Å². The molecule has 0 aliphatic rings. The maximum Gasteiger partial charge on any atom is 0.0568 e. The molecular weight excluding hydrogens is 174 g/mol. The van der Waals surface area contributed by atoms with Crippen molar-refractivity contribution in [2.45, 2.75) is 13.8 Å². The molecule has 0 fully saturated rings. The standard InChI is InChI=1S/C11H15N3/c1-5-10(6-12-9(2)3)11-7-13-14(4)8-11/h5-8H,2H2,1,3-4H3/b10-5+,12-6?. The zero-order valence-electron chi connectivity index (χ0n) is 8.86. The molecule has 0 saturated heterocycles. The highest BCUT2D eigenvalue weighted by molar-refractivity contribution is 6.09. The fourth-order valence-corrected chi connectivity index (χ4v) is 1.07. The zero-order chi connectivity index (χ0) is 10.6. The van der Waals surface area contributed by atoms with Gasteiger partial charge in [0.2, 0.25) is 0 Å². The fourth-order valence-electron chi connectivity index (χ4n) is 1.07. The molecule has 0 spiro atoms. The third-order valence-electron chi connectivity index (χ3n) is 1.77. The molecule has 1 aromatic heterocycles. The summed E-state index contributed by atoms with van der Waals surface area (Å²) < 4.78 is 1.77. The van der Waals surface area contributed by atoms with E-state index in [4.69, 9.17) is 0 Å². The van der Waals surface area contributed by atoms with Gasteiger partial charge >= 0.3 is 0 Å². The van der Waals surface area contributed by atoms with Crippen molar-refractivity contribution in [3.05, 3.63) is 36.3 Å². The molecule has 0 aliphatic carbocycles. The Morgan fingerprint density at radius 1 is 1.64 bits per heavy atom. The van der Waals surface area contributed by atoms with Crippen LogP contribution in [0, 0.1) is 0 Å². The van der Waals surface area contributed by atoms with Crippen LogP contribution in [-0.2, 0) is 7.05 Å². The predicted molar refractivity (Wildman–Crippen MR) is 60.2 cm³/mol. The van der Waals surface area contributed by atoms with E-state index in [2.05, 4.69) is 16.7 Å². The monoisotopic (exact) mass is 189 g/mol. The summed E-state index contributed by atoms with van der Waals surface area (Å²) >= 11 is 0. The third-order valence-corrected chi connectivity index (χ3v) is 1.77. The molecule has 0 N–H and O–H groups in total. The average molecular weight is 189 g/mol. The number of allylic oxidation sites excluding steroid dienone is 3. The molecule has 0 aliphatic heterocycles. The summed E-state index contributed by atoms with van der Waals surface area (Å²) in [5, 5.41) is 4.10. The van der Waals surface area contributed by atoms with E-state index in [0.29, 0.717) is 0 Å². The highest BCUT2D eigenvalue weighted by Gasteiger charge is 1.99. The molecule has 74 valence electrons. The van der Waals surface area contributed by atoms with Crippen LogP contribution >= 0.6 is 0 Å². The SMILES string of the molecule is C=C(C)N=C/C(=C\C)c1cnn(C)c1. The molecule has 0 unspecified atom stereocenters. The first-order valence-electron chi connectivity index (χ1n) is 4.48. The molecule has 0 radical (unpaired) electrons. The lowest BCUT2D eigenvalue weighted by molar-refractivity contribution is 0.767. The number of aliphatic imine (C=N–C) groups is 1. The summed E-state index contributed by atoms with van der Waals surface area (Å²) in [5.74, 6) is 0. The highest BCUT2D eigenvalue weighted by atomic mass is 15.2. The minimum atomic E-state index is 0.799. The maximum atomic E-state index is 4.16. The average Bonchev–Trinajstić information content (AvgIpc) is 2.53. The number of hydrogen-bond donors (Lipinski definition) is 0. The number of rotatable bonds is 3. The summed E-state index contributed by atoms with van der Waals surface area (Å²) in [4.78, 5) is 4.16. The molecule has 0 saturated carbocycles. The van der Waals surface area contributed by atoms with E-state index >= 15 is 0 Å². The predicted octanol–water partition coefficient (Wildman–Crippen LogP) is 2.43. The Bertz CT molecular complexity index is 383. The van der Waals surface area contributed by atoms with E-state index in [1.807, 2.05) is 39.4 Å². The first-order valence-corrected chi connectivity index (χ1v) is 4.48. The van der Waals surface area contributed by atoms with Gasteiger partial charge in [-0.3, -0.25) is 9.67 Å². The van der Waals surface area contributed by atoms with Crippen molar-refractivity contribution in [1.29, 1.82) is 0 Å². The summed E-state index contributed by atoms with van der Waals surface area (Å²) in [6.45, 7) is 7.56. The van der Waals surface area contributed by atoms with Gasteiger partial charge in [-0.2, -0.15) is 5.10 Å². The van der Waals surface area contributed by atoms with Crippen LogP contribution in [0.2, 0.25) is 0 Å². The van der Waals surface area contributed by atoms with E-state index in [9.17, 15) is 0 Å². The van der Waals surface area contributed by atoms with Crippen LogP contribution in [0.4, 0.5) is 0 Å². The minimum absolute atomic E-state index is 0.799. The fraction of sp³-hybridized carbons (Fsp3) is 0.273. The van der Waals surface area contributed by atoms with Gasteiger partial charge in [0.1, 0.15) is 0 Å². The second kappa shape index (κ2) is 4.56. The van der Waals surface area contributed by atoms with Crippen molar-refractivity contribution in [1.82, 2.24) is 9.78 Å². The third kappa shape index (κ3) is 2.69. The van der Waals surface area contributed by atoms with Gasteiger partial charge in [-0.05, 0) is 19.4 Å². The van der Waals surface area contributed by atoms with Gasteiger partial charge in [-0.1, -0.05) is 12.7 Å². The van der Waals surface area contributed by atoms with Crippen LogP contribution in [-0.4, -0.2) is 16.0 Å². The van der Waals surface area contributed by atoms with E-state index in [-0.39, 0.29) is 0 Å². The Kier molecular flexibility index (Phi) is 3.40. The Labute approximate surface area is 84.5 Å². The smallest absolute Gasteiger partial charge is 0.0568 e. The zero-order valence-corrected chi connectivity index (χ0v) is 8.86. The van der Waals surface area contributed by atoms with Crippen molar-refractivity contribution in [3.63, 3.8) is 0 Å². The van der Waals surface area contributed by atoms with Crippen LogP contribution in [0.3, 0.4) is 0 Å². The number of aryl methyl sites for hydroxylation is 1. The Morgan fingerprint density at radius 3 is 2.79 bits per heavy atom. The second-order valence-electron chi connectivity index (χ2n) is 3.14. The quantitative estimate of drug-likeness (QED) is 0.672. The molecule has 1 heterocycles. The summed E-state index contributed by atoms with van der Waals surface area (Å²) in [6, 6.07) is 0. The van der Waals surface area contributed by atoms with Crippen LogP contribution in [0.1, 0.15) is 19.4 Å². The van der Waals surface area contributed by atoms with Gasteiger partial charge < -0.3 is 0 Å². The summed E-state index contributed by atoms with van der Waals surface area (Å²) in [7, 11) is 1.90. The van der Waals surface area contributed by atoms with Crippen molar-refractivity contribution in [2.75, 3.05) is 0 Å². The van der Waals surface area contributed by atoms with Crippen molar-refractivity contribution < 1.29 is 0 Å². The van der Waals surface area contributed by atoms with E-state index < -0.39 is 0 Å². The molecule has 0 bridgehead atoms. The Balaban J connectivity index is 2.89. The molecule has 1 aromatic rings. The summed E-state index contributed by atoms with van der Waals surface area (Å²) in [6.07, 6.45) is 7.59. The lowest BCUT2D eigenvalue weighted by atomic mass is 10.1. The van der Waals surface area contributed by atoms with Crippen LogP contribution in [0.25, 0.3) is 5.57 Å². The Morgan fingerprint density at radius 2 is 2.36 bits per heavy atom. The molecule has 3 heteroatoms. The molecular formula is C11H15N3. The van der Waals surface area contributed by atoms with Gasteiger partial charge in [0, 0.05) is 30.7 Å². The van der Waals surface area contributed by atoms with Crippen LogP contribution in [0.15, 0.2) is 35.7 Å². The van der Waals surface area contributed by atoms with Crippen molar-refractivity contribution >= 4 is 11.8 Å².